The Morgan fingerprint density at radius 2 is 1.94 bits per heavy atom. The summed E-state index contributed by atoms with van der Waals surface area (Å²) in [4.78, 5) is 12.2. The molecule has 1 rings (SSSR count). The van der Waals surface area contributed by atoms with Crippen LogP contribution in [-0.4, -0.2) is 29.7 Å². The number of ketones is 1. The van der Waals surface area contributed by atoms with Gasteiger partial charge in [-0.15, -0.1) is 0 Å². The van der Waals surface area contributed by atoms with Gasteiger partial charge in [-0.2, -0.15) is 0 Å². The summed E-state index contributed by atoms with van der Waals surface area (Å²) >= 11 is 0. The molecule has 3 heteroatoms. The Balaban J connectivity index is 2.83. The lowest BCUT2D eigenvalue weighted by molar-refractivity contribution is -0.127. The van der Waals surface area contributed by atoms with Gasteiger partial charge in [0.2, 0.25) is 0 Å². The van der Waals surface area contributed by atoms with E-state index in [1.807, 2.05) is 20.8 Å². The summed E-state index contributed by atoms with van der Waals surface area (Å²) in [5.41, 5.74) is 0.581. The lowest BCUT2D eigenvalue weighted by Crippen LogP contribution is -2.41. The number of Topliss-reactive ketones (excluding diaryl/α,β-unsaturated/α-hetero) is 1. The van der Waals surface area contributed by atoms with Crippen LogP contribution >= 0.6 is 0 Å². The Morgan fingerprint density at radius 1 is 1.28 bits per heavy atom. The van der Waals surface area contributed by atoms with Crippen molar-refractivity contribution >= 4 is 5.78 Å². The fourth-order valence-electron chi connectivity index (χ4n) is 2.70. The lowest BCUT2D eigenvalue weighted by Gasteiger charge is -2.31. The van der Waals surface area contributed by atoms with Crippen LogP contribution in [0.15, 0.2) is 11.1 Å². The molecule has 0 spiro atoms. The van der Waals surface area contributed by atoms with Gasteiger partial charge in [0.05, 0.1) is 18.1 Å². The Labute approximate surface area is 110 Å². The van der Waals surface area contributed by atoms with E-state index in [1.165, 1.54) is 0 Å². The minimum Gasteiger partial charge on any atom is -0.385 e. The van der Waals surface area contributed by atoms with Crippen molar-refractivity contribution in [3.8, 4) is 0 Å². The molecule has 0 aromatic carbocycles. The van der Waals surface area contributed by atoms with Gasteiger partial charge in [0.1, 0.15) is 0 Å². The predicted molar refractivity (Wildman–Crippen MR) is 72.5 cm³/mol. The van der Waals surface area contributed by atoms with E-state index in [9.17, 15) is 9.90 Å². The highest BCUT2D eigenvalue weighted by Crippen LogP contribution is 2.41. The van der Waals surface area contributed by atoms with Gasteiger partial charge in [-0.05, 0) is 38.3 Å². The molecule has 2 atom stereocenters. The van der Waals surface area contributed by atoms with Crippen molar-refractivity contribution in [3.05, 3.63) is 11.1 Å². The molecule has 1 aliphatic rings. The van der Waals surface area contributed by atoms with E-state index in [1.54, 1.807) is 0 Å². The maximum absolute atomic E-state index is 12.2. The van der Waals surface area contributed by atoms with E-state index in [4.69, 9.17) is 4.74 Å². The highest BCUT2D eigenvalue weighted by atomic mass is 16.5. The predicted octanol–water partition coefficient (Wildman–Crippen LogP) is 2.87. The van der Waals surface area contributed by atoms with Gasteiger partial charge < -0.3 is 9.84 Å². The number of hydrogen-bond donors (Lipinski definition) is 1. The van der Waals surface area contributed by atoms with E-state index in [-0.39, 0.29) is 5.78 Å². The minimum atomic E-state index is -0.981. The van der Waals surface area contributed by atoms with E-state index in [0.29, 0.717) is 19.6 Å². The molecular weight excluding hydrogens is 228 g/mol. The summed E-state index contributed by atoms with van der Waals surface area (Å²) in [6.45, 7) is 8.64. The minimum absolute atomic E-state index is 0.0555. The quantitative estimate of drug-likeness (QED) is 0.711. The molecule has 0 saturated carbocycles. The lowest BCUT2D eigenvalue weighted by atomic mass is 9.82. The average molecular weight is 254 g/mol. The molecule has 0 unspecified atom stereocenters. The molecule has 3 nitrogen and oxygen atoms in total. The van der Waals surface area contributed by atoms with Crippen molar-refractivity contribution in [3.63, 3.8) is 0 Å². The first-order valence-electron chi connectivity index (χ1n) is 7.01. The van der Waals surface area contributed by atoms with Crippen molar-refractivity contribution in [1.82, 2.24) is 0 Å². The molecule has 0 amide bonds. The first-order valence-corrected chi connectivity index (χ1v) is 7.01. The van der Waals surface area contributed by atoms with Crippen LogP contribution in [0.4, 0.5) is 0 Å². The van der Waals surface area contributed by atoms with Crippen molar-refractivity contribution in [2.75, 3.05) is 13.2 Å². The highest BCUT2D eigenvalue weighted by molar-refractivity contribution is 6.02. The normalized spacial score (nSPS) is 28.3. The fraction of sp³-hybridized carbons (Fsp3) is 0.800. The van der Waals surface area contributed by atoms with Crippen LogP contribution in [0.25, 0.3) is 0 Å². The van der Waals surface area contributed by atoms with Gasteiger partial charge in [0, 0.05) is 6.61 Å². The maximum atomic E-state index is 12.2. The smallest absolute Gasteiger partial charge is 0.167 e. The SMILES string of the molecule is CCCCC[C@@]1(O)C(C)=C(C)C(=O)[C@H]1COCC. The maximum Gasteiger partial charge on any atom is 0.167 e. The van der Waals surface area contributed by atoms with Gasteiger partial charge in [-0.1, -0.05) is 26.2 Å². The molecule has 0 heterocycles. The van der Waals surface area contributed by atoms with Crippen LogP contribution in [0.5, 0.6) is 0 Å². The molecule has 0 aromatic heterocycles. The summed E-state index contributed by atoms with van der Waals surface area (Å²) in [6.07, 6.45) is 3.81. The van der Waals surface area contributed by atoms with Gasteiger partial charge in [0.25, 0.3) is 0 Å². The first-order chi connectivity index (χ1) is 8.49. The van der Waals surface area contributed by atoms with E-state index in [2.05, 4.69) is 6.92 Å². The Morgan fingerprint density at radius 3 is 2.50 bits per heavy atom. The zero-order valence-electron chi connectivity index (χ0n) is 12.1. The molecule has 18 heavy (non-hydrogen) atoms. The number of rotatable bonds is 7. The van der Waals surface area contributed by atoms with Crippen molar-refractivity contribution in [2.24, 2.45) is 5.92 Å². The standard InChI is InChI=1S/C15H26O3/c1-5-7-8-9-15(17)12(4)11(3)14(16)13(15)10-18-6-2/h13,17H,5-10H2,1-4H3/t13-,15-/m1/s1. The number of carbonyl (C=O) groups excluding carboxylic acids is 1. The van der Waals surface area contributed by atoms with E-state index < -0.39 is 11.5 Å². The van der Waals surface area contributed by atoms with Crippen LogP contribution < -0.4 is 0 Å². The first kappa shape index (κ1) is 15.4. The summed E-state index contributed by atoms with van der Waals surface area (Å²) in [5.74, 6) is -0.353. The molecule has 0 aliphatic heterocycles. The second-order valence-electron chi connectivity index (χ2n) is 5.21. The van der Waals surface area contributed by atoms with Gasteiger partial charge in [0.15, 0.2) is 5.78 Å². The van der Waals surface area contributed by atoms with Crippen LogP contribution in [0.2, 0.25) is 0 Å². The number of carbonyl (C=O) groups is 1. The Hall–Kier alpha value is -0.670. The zero-order valence-corrected chi connectivity index (χ0v) is 12.1. The molecular formula is C15H26O3. The second-order valence-corrected chi connectivity index (χ2v) is 5.21. The number of allylic oxidation sites excluding steroid dienone is 1. The van der Waals surface area contributed by atoms with Gasteiger partial charge >= 0.3 is 0 Å². The third-order valence-corrected chi connectivity index (χ3v) is 4.12. The second kappa shape index (κ2) is 6.48. The fourth-order valence-corrected chi connectivity index (χ4v) is 2.70. The molecule has 0 bridgehead atoms. The van der Waals surface area contributed by atoms with Crippen LogP contribution in [0.3, 0.4) is 0 Å². The third-order valence-electron chi connectivity index (χ3n) is 4.12. The molecule has 0 saturated heterocycles. The summed E-state index contributed by atoms with van der Waals surface area (Å²) in [6, 6.07) is 0. The van der Waals surface area contributed by atoms with E-state index in [0.717, 1.165) is 30.4 Å². The van der Waals surface area contributed by atoms with Crippen molar-refractivity contribution in [2.45, 2.75) is 59.0 Å². The highest BCUT2D eigenvalue weighted by Gasteiger charge is 2.48. The number of hydrogen-bond acceptors (Lipinski definition) is 3. The summed E-state index contributed by atoms with van der Waals surface area (Å²) < 4.78 is 5.38. The van der Waals surface area contributed by atoms with Gasteiger partial charge in [-0.3, -0.25) is 4.79 Å². The number of aliphatic hydroxyl groups is 1. The Kier molecular flexibility index (Phi) is 5.54. The zero-order chi connectivity index (χ0) is 13.8. The molecule has 0 radical (unpaired) electrons. The topological polar surface area (TPSA) is 46.5 Å². The molecule has 0 aromatic rings. The van der Waals surface area contributed by atoms with Gasteiger partial charge in [-0.25, -0.2) is 0 Å². The Bertz CT molecular complexity index is 333. The molecule has 0 fully saturated rings. The third kappa shape index (κ3) is 2.83. The van der Waals surface area contributed by atoms with Crippen molar-refractivity contribution in [1.29, 1.82) is 0 Å². The number of ether oxygens (including phenoxy) is 1. The summed E-state index contributed by atoms with van der Waals surface area (Å²) in [7, 11) is 0. The average Bonchev–Trinajstić information content (AvgIpc) is 2.51. The van der Waals surface area contributed by atoms with Crippen LogP contribution in [0.1, 0.15) is 53.4 Å². The molecule has 1 N–H and O–H groups in total. The molecule has 104 valence electrons. The largest absolute Gasteiger partial charge is 0.385 e. The van der Waals surface area contributed by atoms with Crippen molar-refractivity contribution < 1.29 is 14.6 Å². The number of unbranched alkanes of at least 4 members (excludes halogenated alkanes) is 2. The van der Waals surface area contributed by atoms with E-state index >= 15 is 0 Å². The van der Waals surface area contributed by atoms with Crippen LogP contribution in [0, 0.1) is 5.92 Å². The molecule has 1 aliphatic carbocycles. The monoisotopic (exact) mass is 254 g/mol. The van der Waals surface area contributed by atoms with Crippen LogP contribution in [-0.2, 0) is 9.53 Å². The summed E-state index contributed by atoms with van der Waals surface area (Å²) in [5, 5.41) is 10.9.